The number of amides is 1. The molecule has 1 amide bonds. The topological polar surface area (TPSA) is 63.9 Å². The van der Waals surface area contributed by atoms with E-state index in [9.17, 15) is 4.79 Å². The molecule has 6 nitrogen and oxygen atoms in total. The Bertz CT molecular complexity index is 1000. The number of imidazole rings is 1. The van der Waals surface area contributed by atoms with Gasteiger partial charge >= 0.3 is 0 Å². The predicted octanol–water partition coefficient (Wildman–Crippen LogP) is 3.51. The van der Waals surface area contributed by atoms with Gasteiger partial charge in [0, 0.05) is 18.1 Å². The molecule has 2 aromatic heterocycles. The molecule has 0 bridgehead atoms. The first-order valence-electron chi connectivity index (χ1n) is 8.54. The van der Waals surface area contributed by atoms with Crippen LogP contribution in [0, 0.1) is 0 Å². The van der Waals surface area contributed by atoms with Gasteiger partial charge in [0.25, 0.3) is 5.91 Å². The molecule has 132 valence electrons. The Labute approximate surface area is 156 Å². The van der Waals surface area contributed by atoms with Crippen LogP contribution in [0.2, 0.25) is 0 Å². The molecule has 0 saturated heterocycles. The van der Waals surface area contributed by atoms with Crippen LogP contribution in [0.1, 0.15) is 16.1 Å². The van der Waals surface area contributed by atoms with Crippen LogP contribution in [0.4, 0.5) is 5.69 Å². The molecule has 4 aromatic rings. The zero-order valence-corrected chi connectivity index (χ0v) is 14.5. The Kier molecular flexibility index (Phi) is 4.70. The van der Waals surface area contributed by atoms with Gasteiger partial charge in [0.2, 0.25) is 0 Å². The van der Waals surface area contributed by atoms with E-state index in [1.54, 1.807) is 40.3 Å². The molecule has 0 aliphatic heterocycles. The SMILES string of the molecule is O=C(c1ccc(-n2ccnc2)nn1)N(Cc1ccccc1)c1ccccc1. The number of hydrogen-bond donors (Lipinski definition) is 0. The molecule has 2 aromatic carbocycles. The van der Waals surface area contributed by atoms with Crippen molar-refractivity contribution >= 4 is 11.6 Å². The quantitative estimate of drug-likeness (QED) is 0.549. The Hall–Kier alpha value is -3.80. The zero-order chi connectivity index (χ0) is 18.5. The van der Waals surface area contributed by atoms with E-state index < -0.39 is 0 Å². The minimum Gasteiger partial charge on any atom is -0.303 e. The lowest BCUT2D eigenvalue weighted by Gasteiger charge is -2.22. The molecule has 0 aliphatic carbocycles. The number of hydrogen-bond acceptors (Lipinski definition) is 4. The highest BCUT2D eigenvalue weighted by Crippen LogP contribution is 2.19. The largest absolute Gasteiger partial charge is 0.303 e. The van der Waals surface area contributed by atoms with Crippen LogP contribution in [0.15, 0.2) is 91.5 Å². The van der Waals surface area contributed by atoms with E-state index in [4.69, 9.17) is 0 Å². The normalized spacial score (nSPS) is 10.5. The van der Waals surface area contributed by atoms with Gasteiger partial charge < -0.3 is 4.90 Å². The summed E-state index contributed by atoms with van der Waals surface area (Å²) in [5.41, 5.74) is 2.14. The highest BCUT2D eigenvalue weighted by molar-refractivity contribution is 6.04. The lowest BCUT2D eigenvalue weighted by atomic mass is 10.2. The van der Waals surface area contributed by atoms with Gasteiger partial charge in [-0.1, -0.05) is 48.5 Å². The Morgan fingerprint density at radius 1 is 0.889 bits per heavy atom. The fourth-order valence-electron chi connectivity index (χ4n) is 2.76. The zero-order valence-electron chi connectivity index (χ0n) is 14.5. The molecule has 0 N–H and O–H groups in total. The van der Waals surface area contributed by atoms with Gasteiger partial charge in [-0.15, -0.1) is 10.2 Å². The van der Waals surface area contributed by atoms with Gasteiger partial charge in [-0.2, -0.15) is 0 Å². The van der Waals surface area contributed by atoms with E-state index in [1.807, 2.05) is 60.7 Å². The van der Waals surface area contributed by atoms with E-state index in [-0.39, 0.29) is 5.91 Å². The molecule has 0 saturated carbocycles. The van der Waals surface area contributed by atoms with Crippen molar-refractivity contribution in [2.45, 2.75) is 6.54 Å². The van der Waals surface area contributed by atoms with Crippen molar-refractivity contribution in [2.75, 3.05) is 4.90 Å². The van der Waals surface area contributed by atoms with Crippen molar-refractivity contribution in [3.63, 3.8) is 0 Å². The van der Waals surface area contributed by atoms with Crippen molar-refractivity contribution in [3.8, 4) is 5.82 Å². The fraction of sp³-hybridized carbons (Fsp3) is 0.0476. The van der Waals surface area contributed by atoms with Gasteiger partial charge in [-0.3, -0.25) is 9.36 Å². The molecule has 0 spiro atoms. The van der Waals surface area contributed by atoms with Crippen molar-refractivity contribution in [1.82, 2.24) is 19.7 Å². The molecule has 0 aliphatic rings. The minimum absolute atomic E-state index is 0.199. The van der Waals surface area contributed by atoms with Gasteiger partial charge in [-0.25, -0.2) is 4.98 Å². The molecule has 2 heterocycles. The monoisotopic (exact) mass is 355 g/mol. The Morgan fingerprint density at radius 3 is 2.26 bits per heavy atom. The third kappa shape index (κ3) is 3.74. The highest BCUT2D eigenvalue weighted by Gasteiger charge is 2.20. The van der Waals surface area contributed by atoms with E-state index in [2.05, 4.69) is 15.2 Å². The van der Waals surface area contributed by atoms with Gasteiger partial charge in [0.15, 0.2) is 11.5 Å². The average Bonchev–Trinajstić information content (AvgIpc) is 3.28. The van der Waals surface area contributed by atoms with Crippen LogP contribution in [-0.2, 0) is 6.54 Å². The van der Waals surface area contributed by atoms with Gasteiger partial charge in [0.05, 0.1) is 6.54 Å². The number of nitrogens with zero attached hydrogens (tertiary/aromatic N) is 5. The number of aromatic nitrogens is 4. The highest BCUT2D eigenvalue weighted by atomic mass is 16.2. The van der Waals surface area contributed by atoms with Crippen LogP contribution in [0.3, 0.4) is 0 Å². The standard InChI is InChI=1S/C21H17N5O/c27-21(19-11-12-20(24-23-19)25-14-13-22-16-25)26(18-9-5-2-6-10-18)15-17-7-3-1-4-8-17/h1-14,16H,15H2. The maximum atomic E-state index is 13.2. The van der Waals surface area contributed by atoms with E-state index in [0.717, 1.165) is 11.3 Å². The maximum absolute atomic E-state index is 13.2. The average molecular weight is 355 g/mol. The van der Waals surface area contributed by atoms with Crippen molar-refractivity contribution in [1.29, 1.82) is 0 Å². The summed E-state index contributed by atoms with van der Waals surface area (Å²) in [5, 5.41) is 8.28. The fourth-order valence-corrected chi connectivity index (χ4v) is 2.76. The summed E-state index contributed by atoms with van der Waals surface area (Å²) in [6, 6.07) is 22.9. The predicted molar refractivity (Wildman–Crippen MR) is 103 cm³/mol. The summed E-state index contributed by atoms with van der Waals surface area (Å²) in [6.45, 7) is 0.453. The number of benzene rings is 2. The molecular formula is C21H17N5O. The molecule has 0 fully saturated rings. The number of carbonyl (C=O) groups is 1. The second kappa shape index (κ2) is 7.61. The minimum atomic E-state index is -0.199. The molecular weight excluding hydrogens is 338 g/mol. The summed E-state index contributed by atoms with van der Waals surface area (Å²) in [7, 11) is 0. The molecule has 0 unspecified atom stereocenters. The Morgan fingerprint density at radius 2 is 1.63 bits per heavy atom. The second-order valence-electron chi connectivity index (χ2n) is 5.96. The lowest BCUT2D eigenvalue weighted by Crippen LogP contribution is -2.31. The van der Waals surface area contributed by atoms with Gasteiger partial charge in [-0.05, 0) is 29.8 Å². The number of carbonyl (C=O) groups excluding carboxylic acids is 1. The van der Waals surface area contributed by atoms with Crippen LogP contribution in [0.5, 0.6) is 0 Å². The van der Waals surface area contributed by atoms with E-state index in [1.165, 1.54) is 0 Å². The summed E-state index contributed by atoms with van der Waals surface area (Å²) in [5.74, 6) is 0.410. The number of rotatable bonds is 5. The summed E-state index contributed by atoms with van der Waals surface area (Å²) < 4.78 is 1.74. The van der Waals surface area contributed by atoms with Gasteiger partial charge in [0.1, 0.15) is 6.33 Å². The number of para-hydroxylation sites is 1. The molecule has 0 atom stereocenters. The van der Waals surface area contributed by atoms with Crippen molar-refractivity contribution < 1.29 is 4.79 Å². The molecule has 0 radical (unpaired) electrons. The lowest BCUT2D eigenvalue weighted by molar-refractivity contribution is 0.0979. The second-order valence-corrected chi connectivity index (χ2v) is 5.96. The smallest absolute Gasteiger partial charge is 0.279 e. The van der Waals surface area contributed by atoms with Crippen LogP contribution in [0.25, 0.3) is 5.82 Å². The van der Waals surface area contributed by atoms with Crippen LogP contribution in [-0.4, -0.2) is 25.7 Å². The third-order valence-corrected chi connectivity index (χ3v) is 4.14. The summed E-state index contributed by atoms with van der Waals surface area (Å²) in [6.07, 6.45) is 5.08. The summed E-state index contributed by atoms with van der Waals surface area (Å²) in [4.78, 5) is 18.8. The first-order valence-corrected chi connectivity index (χ1v) is 8.54. The van der Waals surface area contributed by atoms with Crippen molar-refractivity contribution in [3.05, 3.63) is 103 Å². The van der Waals surface area contributed by atoms with Crippen molar-refractivity contribution in [2.24, 2.45) is 0 Å². The first-order chi connectivity index (χ1) is 13.3. The number of anilines is 1. The van der Waals surface area contributed by atoms with E-state index in [0.29, 0.717) is 18.1 Å². The Balaban J connectivity index is 1.64. The van der Waals surface area contributed by atoms with Crippen LogP contribution >= 0.6 is 0 Å². The van der Waals surface area contributed by atoms with Crippen LogP contribution < -0.4 is 4.90 Å². The van der Waals surface area contributed by atoms with E-state index >= 15 is 0 Å². The molecule has 4 rings (SSSR count). The maximum Gasteiger partial charge on any atom is 0.279 e. The molecule has 27 heavy (non-hydrogen) atoms. The molecule has 6 heteroatoms. The summed E-state index contributed by atoms with van der Waals surface area (Å²) >= 11 is 0. The third-order valence-electron chi connectivity index (χ3n) is 4.14. The first kappa shape index (κ1) is 16.7.